The van der Waals surface area contributed by atoms with Crippen LogP contribution in [0, 0.1) is 0 Å². The van der Waals surface area contributed by atoms with Crippen molar-refractivity contribution in [3.8, 4) is 17.3 Å². The minimum absolute atomic E-state index is 0.0118. The van der Waals surface area contributed by atoms with E-state index in [0.29, 0.717) is 34.9 Å². The predicted molar refractivity (Wildman–Crippen MR) is 104 cm³/mol. The van der Waals surface area contributed by atoms with Crippen LogP contribution in [0.5, 0.6) is 5.75 Å². The van der Waals surface area contributed by atoms with E-state index in [-0.39, 0.29) is 11.7 Å². The van der Waals surface area contributed by atoms with Crippen molar-refractivity contribution in [3.05, 3.63) is 47.7 Å². The van der Waals surface area contributed by atoms with Crippen molar-refractivity contribution in [2.24, 2.45) is 7.05 Å². The maximum Gasteiger partial charge on any atom is 0.232 e. The Balaban J connectivity index is 1.45. The molecule has 0 saturated carbocycles. The average molecular weight is 407 g/mol. The molecule has 1 amide bonds. The van der Waals surface area contributed by atoms with Gasteiger partial charge in [-0.2, -0.15) is 0 Å². The number of amides is 1. The Morgan fingerprint density at radius 2 is 2.07 bits per heavy atom. The van der Waals surface area contributed by atoms with Gasteiger partial charge in [0.25, 0.3) is 0 Å². The molecule has 3 aromatic rings. The predicted octanol–water partition coefficient (Wildman–Crippen LogP) is 3.36. The number of likely N-dealkylation sites (N-methyl/N-ethyl adjacent to an activating group) is 1. The lowest BCUT2D eigenvalue weighted by molar-refractivity contribution is -0.127. The molecule has 2 aromatic heterocycles. The Hall–Kier alpha value is -2.45. The molecule has 0 radical (unpaired) electrons. The summed E-state index contributed by atoms with van der Waals surface area (Å²) in [5, 5.41) is 9.55. The molecule has 3 rings (SSSR count). The fraction of sp³-hybridized carbons (Fsp3) is 0.278. The molecular formula is C18H19ClN4O3S. The Morgan fingerprint density at radius 3 is 2.78 bits per heavy atom. The highest BCUT2D eigenvalue weighted by atomic mass is 35.5. The summed E-state index contributed by atoms with van der Waals surface area (Å²) in [4.78, 5) is 13.9. The topological polar surface area (TPSA) is 73.4 Å². The largest absolute Gasteiger partial charge is 0.492 e. The number of carbonyl (C=O) groups is 1. The maximum atomic E-state index is 12.3. The summed E-state index contributed by atoms with van der Waals surface area (Å²) in [6.07, 6.45) is 1.58. The number of hydrogen-bond acceptors (Lipinski definition) is 6. The van der Waals surface area contributed by atoms with E-state index in [1.165, 1.54) is 11.8 Å². The normalized spacial score (nSPS) is 10.8. The zero-order chi connectivity index (χ0) is 19.2. The number of benzene rings is 1. The van der Waals surface area contributed by atoms with Crippen LogP contribution in [0.15, 0.2) is 52.2 Å². The van der Waals surface area contributed by atoms with Crippen LogP contribution in [0.2, 0.25) is 5.02 Å². The van der Waals surface area contributed by atoms with Gasteiger partial charge < -0.3 is 18.6 Å². The third kappa shape index (κ3) is 5.05. The number of furan rings is 1. The van der Waals surface area contributed by atoms with Crippen molar-refractivity contribution in [1.82, 2.24) is 19.7 Å². The molecule has 0 bridgehead atoms. The molecule has 27 heavy (non-hydrogen) atoms. The van der Waals surface area contributed by atoms with Crippen LogP contribution in [0.1, 0.15) is 0 Å². The molecule has 0 saturated heterocycles. The van der Waals surface area contributed by atoms with Crippen LogP contribution in [0.25, 0.3) is 11.6 Å². The lowest BCUT2D eigenvalue weighted by Crippen LogP contribution is -2.32. The molecule has 0 aliphatic heterocycles. The van der Waals surface area contributed by atoms with Gasteiger partial charge in [-0.05, 0) is 36.4 Å². The molecule has 0 fully saturated rings. The van der Waals surface area contributed by atoms with E-state index in [1.807, 2.05) is 13.1 Å². The van der Waals surface area contributed by atoms with E-state index in [1.54, 1.807) is 53.1 Å². The molecule has 2 heterocycles. The Morgan fingerprint density at radius 1 is 1.30 bits per heavy atom. The van der Waals surface area contributed by atoms with Gasteiger partial charge >= 0.3 is 0 Å². The molecule has 0 atom stereocenters. The van der Waals surface area contributed by atoms with Crippen LogP contribution in [-0.4, -0.2) is 51.5 Å². The third-order valence-corrected chi connectivity index (χ3v) is 5.09. The maximum absolute atomic E-state index is 12.3. The minimum Gasteiger partial charge on any atom is -0.492 e. The first-order valence-electron chi connectivity index (χ1n) is 8.23. The first-order valence-corrected chi connectivity index (χ1v) is 9.59. The highest BCUT2D eigenvalue weighted by Crippen LogP contribution is 2.23. The van der Waals surface area contributed by atoms with Crippen molar-refractivity contribution in [1.29, 1.82) is 0 Å². The van der Waals surface area contributed by atoms with Gasteiger partial charge in [0, 0.05) is 19.1 Å². The van der Waals surface area contributed by atoms with Crippen molar-refractivity contribution < 1.29 is 13.9 Å². The first-order chi connectivity index (χ1) is 13.0. The summed E-state index contributed by atoms with van der Waals surface area (Å²) >= 11 is 7.17. The number of ether oxygens (including phenoxy) is 1. The molecule has 1 aromatic carbocycles. The third-order valence-electron chi connectivity index (χ3n) is 3.84. The monoisotopic (exact) mass is 406 g/mol. The number of nitrogens with zero attached hydrogens (tertiary/aromatic N) is 4. The Labute approximate surface area is 166 Å². The molecule has 0 unspecified atom stereocenters. The summed E-state index contributed by atoms with van der Waals surface area (Å²) in [5.41, 5.74) is 0. The summed E-state index contributed by atoms with van der Waals surface area (Å²) in [6.45, 7) is 0.889. The van der Waals surface area contributed by atoms with Gasteiger partial charge in [-0.15, -0.1) is 10.2 Å². The number of carbonyl (C=O) groups excluding carboxylic acids is 1. The fourth-order valence-electron chi connectivity index (χ4n) is 2.25. The van der Waals surface area contributed by atoms with E-state index >= 15 is 0 Å². The molecule has 7 nitrogen and oxygen atoms in total. The van der Waals surface area contributed by atoms with E-state index in [9.17, 15) is 4.79 Å². The molecule has 9 heteroatoms. The summed E-state index contributed by atoms with van der Waals surface area (Å²) < 4.78 is 12.8. The van der Waals surface area contributed by atoms with E-state index < -0.39 is 0 Å². The summed E-state index contributed by atoms with van der Waals surface area (Å²) in [5.74, 6) is 2.24. The molecule has 142 valence electrons. The van der Waals surface area contributed by atoms with Crippen molar-refractivity contribution >= 4 is 29.3 Å². The second-order valence-electron chi connectivity index (χ2n) is 5.75. The van der Waals surface area contributed by atoms with Gasteiger partial charge in [-0.1, -0.05) is 23.4 Å². The second kappa shape index (κ2) is 8.96. The average Bonchev–Trinajstić information content (AvgIpc) is 3.31. The smallest absolute Gasteiger partial charge is 0.232 e. The zero-order valence-electron chi connectivity index (χ0n) is 15.0. The molecule has 0 spiro atoms. The van der Waals surface area contributed by atoms with Gasteiger partial charge in [0.15, 0.2) is 16.7 Å². The zero-order valence-corrected chi connectivity index (χ0v) is 16.5. The summed E-state index contributed by atoms with van der Waals surface area (Å²) in [7, 11) is 3.59. The highest BCUT2D eigenvalue weighted by molar-refractivity contribution is 7.99. The Kier molecular flexibility index (Phi) is 6.41. The quantitative estimate of drug-likeness (QED) is 0.534. The first kappa shape index (κ1) is 19.3. The standard InChI is InChI=1S/C18H19ClN4O3S/c1-22(9-11-25-14-7-5-13(19)6-8-14)16(24)12-27-18-21-20-17(23(18)2)15-4-3-10-26-15/h3-8,10H,9,11-12H2,1-2H3. The van der Waals surface area contributed by atoms with E-state index in [0.717, 1.165) is 5.75 Å². The SMILES string of the molecule is CN(CCOc1ccc(Cl)cc1)C(=O)CSc1nnc(-c2ccco2)n1C. The van der Waals surface area contributed by atoms with Crippen LogP contribution in [-0.2, 0) is 11.8 Å². The number of thioether (sulfide) groups is 1. The fourth-order valence-corrected chi connectivity index (χ4v) is 3.23. The molecule has 0 aliphatic rings. The lowest BCUT2D eigenvalue weighted by Gasteiger charge is -2.17. The van der Waals surface area contributed by atoms with E-state index in [4.69, 9.17) is 20.8 Å². The van der Waals surface area contributed by atoms with Gasteiger partial charge in [-0.25, -0.2) is 0 Å². The number of aromatic nitrogens is 3. The second-order valence-corrected chi connectivity index (χ2v) is 7.13. The van der Waals surface area contributed by atoms with Crippen LogP contribution in [0.3, 0.4) is 0 Å². The highest BCUT2D eigenvalue weighted by Gasteiger charge is 2.16. The lowest BCUT2D eigenvalue weighted by atomic mass is 10.3. The summed E-state index contributed by atoms with van der Waals surface area (Å²) in [6, 6.07) is 10.7. The van der Waals surface area contributed by atoms with E-state index in [2.05, 4.69) is 10.2 Å². The molecular weight excluding hydrogens is 388 g/mol. The van der Waals surface area contributed by atoms with Crippen LogP contribution >= 0.6 is 23.4 Å². The van der Waals surface area contributed by atoms with Gasteiger partial charge in [0.05, 0.1) is 18.6 Å². The molecule has 0 aliphatic carbocycles. The van der Waals surface area contributed by atoms with Crippen molar-refractivity contribution in [2.75, 3.05) is 26.0 Å². The van der Waals surface area contributed by atoms with Gasteiger partial charge in [0.1, 0.15) is 12.4 Å². The number of rotatable bonds is 8. The van der Waals surface area contributed by atoms with Crippen molar-refractivity contribution in [3.63, 3.8) is 0 Å². The van der Waals surface area contributed by atoms with Gasteiger partial charge in [-0.3, -0.25) is 4.79 Å². The Bertz CT molecular complexity index is 881. The van der Waals surface area contributed by atoms with Crippen LogP contribution in [0.4, 0.5) is 0 Å². The molecule has 0 N–H and O–H groups in total. The number of halogens is 1. The van der Waals surface area contributed by atoms with Crippen LogP contribution < -0.4 is 4.74 Å². The van der Waals surface area contributed by atoms with Crippen molar-refractivity contribution in [2.45, 2.75) is 5.16 Å². The number of hydrogen-bond donors (Lipinski definition) is 0. The van der Waals surface area contributed by atoms with Gasteiger partial charge in [0.2, 0.25) is 5.91 Å². The minimum atomic E-state index is -0.0118.